The summed E-state index contributed by atoms with van der Waals surface area (Å²) in [6.07, 6.45) is 0.520. The standard InChI is InChI=1S/C23H30N2O4/c1-5-21(23(27)24-6-2)25(15-18-10-8-7-9-17(18)3)22(26)16-29-20-13-11-19(28-4)12-14-20/h7-14,21H,5-6,15-16H2,1-4H3,(H,24,27). The lowest BCUT2D eigenvalue weighted by Gasteiger charge is -2.31. The quantitative estimate of drug-likeness (QED) is 0.667. The number of benzene rings is 2. The summed E-state index contributed by atoms with van der Waals surface area (Å²) >= 11 is 0. The van der Waals surface area contributed by atoms with Crippen LogP contribution in [0.2, 0.25) is 0 Å². The second-order valence-electron chi connectivity index (χ2n) is 6.73. The van der Waals surface area contributed by atoms with Gasteiger partial charge < -0.3 is 19.7 Å². The number of hydrogen-bond acceptors (Lipinski definition) is 4. The number of nitrogens with zero attached hydrogens (tertiary/aromatic N) is 1. The van der Waals surface area contributed by atoms with Gasteiger partial charge in [-0.15, -0.1) is 0 Å². The molecule has 1 unspecified atom stereocenters. The fourth-order valence-corrected chi connectivity index (χ4v) is 3.08. The first-order valence-corrected chi connectivity index (χ1v) is 9.88. The molecule has 0 aromatic heterocycles. The van der Waals surface area contributed by atoms with Crippen LogP contribution in [0, 0.1) is 6.92 Å². The zero-order valence-electron chi connectivity index (χ0n) is 17.6. The summed E-state index contributed by atoms with van der Waals surface area (Å²) in [5, 5.41) is 2.83. The summed E-state index contributed by atoms with van der Waals surface area (Å²) in [7, 11) is 1.59. The molecule has 2 rings (SSSR count). The van der Waals surface area contributed by atoms with Crippen LogP contribution in [0.4, 0.5) is 0 Å². The summed E-state index contributed by atoms with van der Waals surface area (Å²) in [6.45, 7) is 6.50. The van der Waals surface area contributed by atoms with Crippen LogP contribution in [0.3, 0.4) is 0 Å². The predicted octanol–water partition coefficient (Wildman–Crippen LogP) is 3.33. The Labute approximate surface area is 172 Å². The molecule has 0 aliphatic carbocycles. The molecule has 156 valence electrons. The van der Waals surface area contributed by atoms with Crippen molar-refractivity contribution < 1.29 is 19.1 Å². The first-order valence-electron chi connectivity index (χ1n) is 9.88. The number of amides is 2. The second-order valence-corrected chi connectivity index (χ2v) is 6.73. The maximum absolute atomic E-state index is 13.1. The second kappa shape index (κ2) is 11.1. The lowest BCUT2D eigenvalue weighted by Crippen LogP contribution is -2.50. The van der Waals surface area contributed by atoms with Crippen molar-refractivity contribution in [2.45, 2.75) is 39.8 Å². The van der Waals surface area contributed by atoms with Crippen LogP contribution in [0.5, 0.6) is 11.5 Å². The Hall–Kier alpha value is -3.02. The molecule has 2 aromatic carbocycles. The van der Waals surface area contributed by atoms with Crippen LogP contribution in [0.25, 0.3) is 0 Å². The van der Waals surface area contributed by atoms with E-state index in [1.54, 1.807) is 36.3 Å². The molecule has 0 aliphatic rings. The summed E-state index contributed by atoms with van der Waals surface area (Å²) in [6, 6.07) is 14.4. The van der Waals surface area contributed by atoms with Gasteiger partial charge in [0.15, 0.2) is 6.61 Å². The topological polar surface area (TPSA) is 67.9 Å². The zero-order valence-corrected chi connectivity index (χ0v) is 17.6. The molecule has 2 aromatic rings. The molecule has 0 radical (unpaired) electrons. The van der Waals surface area contributed by atoms with Crippen LogP contribution in [0.1, 0.15) is 31.4 Å². The van der Waals surface area contributed by atoms with E-state index in [9.17, 15) is 9.59 Å². The molecule has 0 fully saturated rings. The van der Waals surface area contributed by atoms with Crippen molar-refractivity contribution in [3.63, 3.8) is 0 Å². The number of ether oxygens (including phenoxy) is 2. The highest BCUT2D eigenvalue weighted by Crippen LogP contribution is 2.19. The molecule has 6 nitrogen and oxygen atoms in total. The van der Waals surface area contributed by atoms with Crippen LogP contribution in [-0.4, -0.2) is 43.0 Å². The van der Waals surface area contributed by atoms with Crippen molar-refractivity contribution in [3.05, 3.63) is 59.7 Å². The van der Waals surface area contributed by atoms with Crippen LogP contribution < -0.4 is 14.8 Å². The molecule has 0 heterocycles. The van der Waals surface area contributed by atoms with E-state index in [0.29, 0.717) is 31.0 Å². The van der Waals surface area contributed by atoms with E-state index in [1.807, 2.05) is 45.0 Å². The first-order chi connectivity index (χ1) is 14.0. The summed E-state index contributed by atoms with van der Waals surface area (Å²) in [5.74, 6) is 0.900. The summed E-state index contributed by atoms with van der Waals surface area (Å²) in [4.78, 5) is 27.2. The van der Waals surface area contributed by atoms with Crippen LogP contribution >= 0.6 is 0 Å². The molecular formula is C23H30N2O4. The van der Waals surface area contributed by atoms with E-state index < -0.39 is 6.04 Å². The fourth-order valence-electron chi connectivity index (χ4n) is 3.08. The molecule has 2 amide bonds. The maximum Gasteiger partial charge on any atom is 0.261 e. The lowest BCUT2D eigenvalue weighted by atomic mass is 10.1. The Bertz CT molecular complexity index is 805. The fraction of sp³-hybridized carbons (Fsp3) is 0.391. The van der Waals surface area contributed by atoms with Crippen molar-refractivity contribution in [1.82, 2.24) is 10.2 Å². The number of methoxy groups -OCH3 is 1. The van der Waals surface area contributed by atoms with Gasteiger partial charge in [-0.25, -0.2) is 0 Å². The van der Waals surface area contributed by atoms with Crippen molar-refractivity contribution >= 4 is 11.8 Å². The van der Waals surface area contributed by atoms with E-state index >= 15 is 0 Å². The number of hydrogen-bond donors (Lipinski definition) is 1. The van der Waals surface area contributed by atoms with Gasteiger partial charge in [0.1, 0.15) is 17.5 Å². The first kappa shape index (κ1) is 22.3. The Kier molecular flexibility index (Phi) is 8.52. The van der Waals surface area contributed by atoms with E-state index in [4.69, 9.17) is 9.47 Å². The Morgan fingerprint density at radius 2 is 1.69 bits per heavy atom. The molecule has 0 spiro atoms. The third-order valence-electron chi connectivity index (χ3n) is 4.76. The van der Waals surface area contributed by atoms with Gasteiger partial charge in [-0.2, -0.15) is 0 Å². The molecule has 0 aliphatic heterocycles. The van der Waals surface area contributed by atoms with Gasteiger partial charge in [0, 0.05) is 13.1 Å². The number of carbonyl (C=O) groups is 2. The Balaban J connectivity index is 2.18. The van der Waals surface area contributed by atoms with Gasteiger partial charge in [0.2, 0.25) is 5.91 Å². The molecule has 0 saturated carbocycles. The van der Waals surface area contributed by atoms with Crippen molar-refractivity contribution in [1.29, 1.82) is 0 Å². The minimum Gasteiger partial charge on any atom is -0.497 e. The van der Waals surface area contributed by atoms with E-state index in [-0.39, 0.29) is 18.4 Å². The van der Waals surface area contributed by atoms with Crippen LogP contribution in [0.15, 0.2) is 48.5 Å². The molecule has 0 bridgehead atoms. The normalized spacial score (nSPS) is 11.4. The highest BCUT2D eigenvalue weighted by Gasteiger charge is 2.28. The van der Waals surface area contributed by atoms with Crippen LogP contribution in [-0.2, 0) is 16.1 Å². The number of carbonyl (C=O) groups excluding carboxylic acids is 2. The van der Waals surface area contributed by atoms with Gasteiger partial charge in [-0.3, -0.25) is 9.59 Å². The zero-order chi connectivity index (χ0) is 21.2. The Morgan fingerprint density at radius 3 is 2.28 bits per heavy atom. The minimum absolute atomic E-state index is 0.145. The summed E-state index contributed by atoms with van der Waals surface area (Å²) < 4.78 is 10.8. The van der Waals surface area contributed by atoms with Crippen molar-refractivity contribution in [3.8, 4) is 11.5 Å². The van der Waals surface area contributed by atoms with Gasteiger partial charge in [0.05, 0.1) is 7.11 Å². The van der Waals surface area contributed by atoms with E-state index in [1.165, 1.54) is 0 Å². The Morgan fingerprint density at radius 1 is 1.03 bits per heavy atom. The smallest absolute Gasteiger partial charge is 0.261 e. The highest BCUT2D eigenvalue weighted by atomic mass is 16.5. The third-order valence-corrected chi connectivity index (χ3v) is 4.76. The van der Waals surface area contributed by atoms with Crippen molar-refractivity contribution in [2.75, 3.05) is 20.3 Å². The van der Waals surface area contributed by atoms with Gasteiger partial charge in [-0.05, 0) is 55.7 Å². The minimum atomic E-state index is -0.554. The van der Waals surface area contributed by atoms with E-state index in [0.717, 1.165) is 11.1 Å². The molecule has 0 saturated heterocycles. The number of rotatable bonds is 10. The highest BCUT2D eigenvalue weighted by molar-refractivity contribution is 5.88. The van der Waals surface area contributed by atoms with Gasteiger partial charge in [0.25, 0.3) is 5.91 Å². The van der Waals surface area contributed by atoms with E-state index in [2.05, 4.69) is 5.32 Å². The number of aryl methyl sites for hydroxylation is 1. The van der Waals surface area contributed by atoms with Gasteiger partial charge in [-0.1, -0.05) is 31.2 Å². The molecule has 1 N–H and O–H groups in total. The third kappa shape index (κ3) is 6.24. The average molecular weight is 399 g/mol. The molecule has 1 atom stereocenters. The maximum atomic E-state index is 13.1. The average Bonchev–Trinajstić information content (AvgIpc) is 2.73. The molecule has 6 heteroatoms. The number of likely N-dealkylation sites (N-methyl/N-ethyl adjacent to an activating group) is 1. The summed E-state index contributed by atoms with van der Waals surface area (Å²) in [5.41, 5.74) is 2.08. The van der Waals surface area contributed by atoms with Gasteiger partial charge >= 0.3 is 0 Å². The monoisotopic (exact) mass is 398 g/mol. The predicted molar refractivity (Wildman–Crippen MR) is 113 cm³/mol. The lowest BCUT2D eigenvalue weighted by molar-refractivity contribution is -0.142. The largest absolute Gasteiger partial charge is 0.497 e. The molecular weight excluding hydrogens is 368 g/mol. The van der Waals surface area contributed by atoms with Crippen molar-refractivity contribution in [2.24, 2.45) is 0 Å². The number of nitrogens with one attached hydrogen (secondary N) is 1. The molecule has 29 heavy (non-hydrogen) atoms. The SMILES string of the molecule is CCNC(=O)C(CC)N(Cc1ccccc1C)C(=O)COc1ccc(OC)cc1.